The average Bonchev–Trinajstić information content (AvgIpc) is 2.24. The normalized spacial score (nSPS) is 10.3. The predicted octanol–water partition coefficient (Wildman–Crippen LogP) is 1.10. The van der Waals surface area contributed by atoms with Crippen molar-refractivity contribution in [1.29, 1.82) is 0 Å². The number of aldehydes is 1. The molecule has 0 aromatic carbocycles. The number of thioether (sulfide) groups is 1. The molecule has 1 rings (SSSR count). The number of hydrogen-bond donors (Lipinski definition) is 2. The van der Waals surface area contributed by atoms with Crippen molar-refractivity contribution >= 4 is 18.0 Å². The van der Waals surface area contributed by atoms with E-state index in [1.165, 1.54) is 0 Å². The Kier molecular flexibility index (Phi) is 4.58. The van der Waals surface area contributed by atoms with E-state index in [-0.39, 0.29) is 5.75 Å². The molecule has 0 atom stereocenters. The van der Waals surface area contributed by atoms with Crippen LogP contribution < -0.4 is 5.73 Å². The molecule has 0 aliphatic carbocycles. The molecule has 0 saturated heterocycles. The molecule has 1 heterocycles. The zero-order valence-corrected chi connectivity index (χ0v) is 9.38. The van der Waals surface area contributed by atoms with E-state index in [1.54, 1.807) is 24.9 Å². The number of rotatable bonds is 5. The number of carbonyl (C=O) groups excluding carboxylic acids is 1. The summed E-state index contributed by atoms with van der Waals surface area (Å²) < 4.78 is 0. The van der Waals surface area contributed by atoms with E-state index in [4.69, 9.17) is 5.73 Å². The molecule has 0 bridgehead atoms. The van der Waals surface area contributed by atoms with Gasteiger partial charge in [-0.2, -0.15) is 11.8 Å². The molecule has 15 heavy (non-hydrogen) atoms. The summed E-state index contributed by atoms with van der Waals surface area (Å²) in [5, 5.41) is 9.61. The van der Waals surface area contributed by atoms with Gasteiger partial charge in [0.25, 0.3) is 0 Å². The molecular formula is C10H14N2O2S. The topological polar surface area (TPSA) is 76.2 Å². The highest BCUT2D eigenvalue weighted by atomic mass is 32.2. The van der Waals surface area contributed by atoms with Crippen LogP contribution in [0.5, 0.6) is 5.75 Å². The Bertz CT molecular complexity index is 356. The van der Waals surface area contributed by atoms with Crippen molar-refractivity contribution in [3.05, 3.63) is 23.0 Å². The fourth-order valence-electron chi connectivity index (χ4n) is 1.16. The number of aromatic hydroxyl groups is 1. The summed E-state index contributed by atoms with van der Waals surface area (Å²) in [6.45, 7) is 2.27. The number of pyridine rings is 1. The minimum Gasteiger partial charge on any atom is -0.505 e. The van der Waals surface area contributed by atoms with Crippen LogP contribution in [0.15, 0.2) is 6.20 Å². The number of carbonyl (C=O) groups is 1. The maximum absolute atomic E-state index is 10.8. The minimum atomic E-state index is -0.0177. The Morgan fingerprint density at radius 1 is 1.67 bits per heavy atom. The molecule has 4 nitrogen and oxygen atoms in total. The van der Waals surface area contributed by atoms with Crippen LogP contribution in [0, 0.1) is 6.92 Å². The van der Waals surface area contributed by atoms with E-state index < -0.39 is 0 Å². The van der Waals surface area contributed by atoms with E-state index in [1.807, 2.05) is 0 Å². The lowest BCUT2D eigenvalue weighted by atomic mass is 10.1. The number of hydrogen-bond acceptors (Lipinski definition) is 5. The lowest BCUT2D eigenvalue weighted by molar-refractivity contribution is 0.112. The van der Waals surface area contributed by atoms with Crippen molar-refractivity contribution in [2.24, 2.45) is 5.73 Å². The molecule has 0 fully saturated rings. The fourth-order valence-corrected chi connectivity index (χ4v) is 1.93. The van der Waals surface area contributed by atoms with Gasteiger partial charge in [-0.25, -0.2) is 0 Å². The Morgan fingerprint density at radius 3 is 3.00 bits per heavy atom. The summed E-state index contributed by atoms with van der Waals surface area (Å²) in [5.41, 5.74) is 6.93. The number of nitrogens with two attached hydrogens (primary N) is 1. The van der Waals surface area contributed by atoms with Crippen LogP contribution in [0.2, 0.25) is 0 Å². The van der Waals surface area contributed by atoms with Crippen molar-refractivity contribution in [1.82, 2.24) is 4.98 Å². The molecule has 0 unspecified atom stereocenters. The van der Waals surface area contributed by atoms with Gasteiger partial charge in [-0.15, -0.1) is 0 Å². The predicted molar refractivity (Wildman–Crippen MR) is 61.2 cm³/mol. The van der Waals surface area contributed by atoms with Gasteiger partial charge in [0.05, 0.1) is 11.3 Å². The van der Waals surface area contributed by atoms with Crippen LogP contribution in [0.4, 0.5) is 0 Å². The highest BCUT2D eigenvalue weighted by Gasteiger charge is 2.10. The van der Waals surface area contributed by atoms with Crippen LogP contribution in [0.3, 0.4) is 0 Å². The SMILES string of the molecule is Cc1ncc(CSCCN)c(C=O)c1O. The van der Waals surface area contributed by atoms with Crippen molar-refractivity contribution in [2.45, 2.75) is 12.7 Å². The highest BCUT2D eigenvalue weighted by molar-refractivity contribution is 7.98. The second-order valence-corrected chi connectivity index (χ2v) is 4.20. The molecule has 0 amide bonds. The molecule has 0 aliphatic heterocycles. The zero-order chi connectivity index (χ0) is 11.3. The zero-order valence-electron chi connectivity index (χ0n) is 8.56. The number of nitrogens with zero attached hydrogens (tertiary/aromatic N) is 1. The molecule has 0 spiro atoms. The molecule has 1 aromatic heterocycles. The molecule has 0 aliphatic rings. The second-order valence-electron chi connectivity index (χ2n) is 3.09. The van der Waals surface area contributed by atoms with Gasteiger partial charge < -0.3 is 10.8 Å². The van der Waals surface area contributed by atoms with Crippen molar-refractivity contribution in [3.63, 3.8) is 0 Å². The summed E-state index contributed by atoms with van der Waals surface area (Å²) in [7, 11) is 0. The molecule has 5 heteroatoms. The van der Waals surface area contributed by atoms with Gasteiger partial charge in [0.15, 0.2) is 6.29 Å². The average molecular weight is 226 g/mol. The summed E-state index contributed by atoms with van der Waals surface area (Å²) in [6, 6.07) is 0. The third-order valence-corrected chi connectivity index (χ3v) is 3.03. The Hall–Kier alpha value is -1.07. The van der Waals surface area contributed by atoms with Gasteiger partial charge in [-0.1, -0.05) is 0 Å². The first-order valence-electron chi connectivity index (χ1n) is 4.61. The van der Waals surface area contributed by atoms with Gasteiger partial charge in [-0.3, -0.25) is 9.78 Å². The van der Waals surface area contributed by atoms with E-state index >= 15 is 0 Å². The summed E-state index contributed by atoms with van der Waals surface area (Å²) in [6.07, 6.45) is 2.30. The van der Waals surface area contributed by atoms with Gasteiger partial charge in [0.1, 0.15) is 5.75 Å². The molecule has 3 N–H and O–H groups in total. The number of aromatic nitrogens is 1. The third kappa shape index (κ3) is 2.94. The highest BCUT2D eigenvalue weighted by Crippen LogP contribution is 2.24. The van der Waals surface area contributed by atoms with Gasteiger partial charge in [-0.05, 0) is 12.5 Å². The molecule has 0 saturated carbocycles. The Balaban J connectivity index is 2.87. The molecule has 82 valence electrons. The molecule has 0 radical (unpaired) electrons. The van der Waals surface area contributed by atoms with Crippen LogP contribution in [-0.2, 0) is 5.75 Å². The minimum absolute atomic E-state index is 0.0177. The fraction of sp³-hybridized carbons (Fsp3) is 0.400. The van der Waals surface area contributed by atoms with E-state index in [2.05, 4.69) is 4.98 Å². The smallest absolute Gasteiger partial charge is 0.154 e. The Labute approximate surface area is 92.9 Å². The lowest BCUT2D eigenvalue weighted by Gasteiger charge is -2.07. The molecular weight excluding hydrogens is 212 g/mol. The van der Waals surface area contributed by atoms with Crippen LogP contribution in [0.25, 0.3) is 0 Å². The van der Waals surface area contributed by atoms with E-state index in [0.717, 1.165) is 11.3 Å². The lowest BCUT2D eigenvalue weighted by Crippen LogP contribution is -2.02. The summed E-state index contributed by atoms with van der Waals surface area (Å²) in [5.74, 6) is 1.45. The monoisotopic (exact) mass is 226 g/mol. The van der Waals surface area contributed by atoms with Crippen molar-refractivity contribution in [2.75, 3.05) is 12.3 Å². The first-order chi connectivity index (χ1) is 7.20. The quantitative estimate of drug-likeness (QED) is 0.581. The van der Waals surface area contributed by atoms with E-state index in [0.29, 0.717) is 29.8 Å². The Morgan fingerprint density at radius 2 is 2.40 bits per heavy atom. The van der Waals surface area contributed by atoms with Gasteiger partial charge in [0, 0.05) is 24.2 Å². The van der Waals surface area contributed by atoms with Gasteiger partial charge in [0.2, 0.25) is 0 Å². The second kappa shape index (κ2) is 5.72. The standard InChI is InChI=1S/C10H14N2O2S/c1-7-10(14)9(5-13)8(4-12-7)6-15-3-2-11/h4-5,14H,2-3,6,11H2,1H3. The summed E-state index contributed by atoms with van der Waals surface area (Å²) >= 11 is 1.62. The maximum atomic E-state index is 10.8. The van der Waals surface area contributed by atoms with Crippen molar-refractivity contribution in [3.8, 4) is 5.75 Å². The largest absolute Gasteiger partial charge is 0.505 e. The van der Waals surface area contributed by atoms with Crippen LogP contribution in [0.1, 0.15) is 21.6 Å². The summed E-state index contributed by atoms with van der Waals surface area (Å²) in [4.78, 5) is 14.8. The van der Waals surface area contributed by atoms with Crippen LogP contribution >= 0.6 is 11.8 Å². The van der Waals surface area contributed by atoms with Crippen molar-refractivity contribution < 1.29 is 9.90 Å². The maximum Gasteiger partial charge on any atom is 0.154 e. The third-order valence-electron chi connectivity index (χ3n) is 2.00. The molecule has 1 aromatic rings. The number of aryl methyl sites for hydroxylation is 1. The first-order valence-corrected chi connectivity index (χ1v) is 5.76. The van der Waals surface area contributed by atoms with Crippen LogP contribution in [-0.4, -0.2) is 28.7 Å². The van der Waals surface area contributed by atoms with Gasteiger partial charge >= 0.3 is 0 Å². The van der Waals surface area contributed by atoms with E-state index in [9.17, 15) is 9.90 Å². The first kappa shape index (κ1) is 12.0.